The molecule has 3 aromatic heterocycles. The lowest BCUT2D eigenvalue weighted by Crippen LogP contribution is -2.29. The fraction of sp³-hybridized carbons (Fsp3) is 0.385. The summed E-state index contributed by atoms with van der Waals surface area (Å²) in [5, 5.41) is 22.0. The van der Waals surface area contributed by atoms with Crippen LogP contribution in [0, 0.1) is 11.3 Å². The molecule has 180 valence electrons. The molecule has 0 unspecified atom stereocenters. The van der Waals surface area contributed by atoms with Crippen molar-refractivity contribution >= 4 is 29.1 Å². The maximum absolute atomic E-state index is 9.22. The van der Waals surface area contributed by atoms with E-state index in [0.717, 1.165) is 66.6 Å². The molecule has 1 aliphatic carbocycles. The van der Waals surface area contributed by atoms with Crippen LogP contribution in [0.4, 0.5) is 5.82 Å². The number of nitrogens with zero attached hydrogens (tertiary/aromatic N) is 6. The topological polar surface area (TPSA) is 96.4 Å². The van der Waals surface area contributed by atoms with Crippen LogP contribution < -0.4 is 10.6 Å². The maximum atomic E-state index is 9.22. The van der Waals surface area contributed by atoms with Crippen molar-refractivity contribution in [1.82, 2.24) is 29.6 Å². The van der Waals surface area contributed by atoms with Crippen molar-refractivity contribution in [2.45, 2.75) is 50.6 Å². The van der Waals surface area contributed by atoms with Gasteiger partial charge in [-0.25, -0.2) is 4.98 Å². The lowest BCUT2D eigenvalue weighted by molar-refractivity contribution is 0.343. The molecule has 4 heterocycles. The molecule has 1 aliphatic heterocycles. The third-order valence-corrected chi connectivity index (χ3v) is 7.10. The molecule has 9 heteroatoms. The van der Waals surface area contributed by atoms with E-state index in [-0.39, 0.29) is 12.4 Å². The maximum Gasteiger partial charge on any atom is 0.236 e. The minimum absolute atomic E-state index is 0. The number of rotatable bonds is 5. The van der Waals surface area contributed by atoms with Gasteiger partial charge in [0.2, 0.25) is 5.95 Å². The molecule has 0 spiro atoms. The quantitative estimate of drug-likeness (QED) is 0.416. The fourth-order valence-corrected chi connectivity index (χ4v) is 5.21. The molecule has 8 nitrogen and oxygen atoms in total. The number of anilines is 1. The van der Waals surface area contributed by atoms with Crippen molar-refractivity contribution in [2.24, 2.45) is 0 Å². The largest absolute Gasteiger partial charge is 0.367 e. The van der Waals surface area contributed by atoms with Crippen LogP contribution in [0.2, 0.25) is 0 Å². The minimum Gasteiger partial charge on any atom is -0.367 e. The summed E-state index contributed by atoms with van der Waals surface area (Å²) in [5.74, 6) is 1.48. The van der Waals surface area contributed by atoms with E-state index < -0.39 is 0 Å². The Hall–Kier alpha value is -3.41. The van der Waals surface area contributed by atoms with Crippen molar-refractivity contribution < 1.29 is 0 Å². The first-order chi connectivity index (χ1) is 16.8. The molecule has 0 amide bonds. The van der Waals surface area contributed by atoms with Gasteiger partial charge < -0.3 is 10.6 Å². The Morgan fingerprint density at radius 2 is 1.89 bits per heavy atom. The summed E-state index contributed by atoms with van der Waals surface area (Å²) < 4.78 is 4.09. The standard InChI is InChI=1S/C26H28N8.ClH/c27-14-18-5-6-24-19(13-18)9-12-33(24)26-29-16-23(25(32-26)31-21-3-1-2-4-21)20-15-30-34(17-20)22-7-10-28-11-8-22;/h5-6,9,12-13,15-17,21-22,28H,1-4,7-8,10-11H2,(H,29,31,32);1H. The Balaban J connectivity index is 0.00000253. The van der Waals surface area contributed by atoms with E-state index in [1.54, 1.807) is 0 Å². The zero-order valence-corrected chi connectivity index (χ0v) is 20.3. The zero-order chi connectivity index (χ0) is 22.9. The Kier molecular flexibility index (Phi) is 6.71. The Bertz CT molecular complexity index is 1360. The highest BCUT2D eigenvalue weighted by Crippen LogP contribution is 2.31. The SMILES string of the molecule is Cl.N#Cc1ccc2c(ccn2-c2ncc(-c3cnn(C4CCNCC4)c3)c(NC3CCCC3)n2)c1. The van der Waals surface area contributed by atoms with Gasteiger partial charge in [-0.2, -0.15) is 15.3 Å². The van der Waals surface area contributed by atoms with Crippen LogP contribution in [0.25, 0.3) is 28.0 Å². The third kappa shape index (κ3) is 4.62. The van der Waals surface area contributed by atoms with E-state index in [1.807, 2.05) is 47.4 Å². The van der Waals surface area contributed by atoms with Gasteiger partial charge in [0.1, 0.15) is 5.82 Å². The fourth-order valence-electron chi connectivity index (χ4n) is 5.21. The second kappa shape index (κ2) is 10.1. The van der Waals surface area contributed by atoms with Crippen LogP contribution in [-0.4, -0.2) is 43.4 Å². The molecule has 2 fully saturated rings. The van der Waals surface area contributed by atoms with Gasteiger partial charge in [-0.05, 0) is 63.0 Å². The minimum atomic E-state index is 0. The molecule has 0 bridgehead atoms. The molecule has 0 atom stereocenters. The van der Waals surface area contributed by atoms with Gasteiger partial charge in [0, 0.05) is 41.1 Å². The number of nitrogens with one attached hydrogen (secondary N) is 2. The van der Waals surface area contributed by atoms with Crippen molar-refractivity contribution in [3.63, 3.8) is 0 Å². The van der Waals surface area contributed by atoms with Gasteiger partial charge >= 0.3 is 0 Å². The van der Waals surface area contributed by atoms with E-state index in [9.17, 15) is 5.26 Å². The van der Waals surface area contributed by atoms with Crippen molar-refractivity contribution in [3.8, 4) is 23.1 Å². The number of piperidine rings is 1. The predicted molar refractivity (Wildman–Crippen MR) is 139 cm³/mol. The van der Waals surface area contributed by atoms with Gasteiger partial charge in [-0.3, -0.25) is 9.25 Å². The second-order valence-electron chi connectivity index (χ2n) is 9.32. The third-order valence-electron chi connectivity index (χ3n) is 7.10. The van der Waals surface area contributed by atoms with Gasteiger partial charge in [-0.1, -0.05) is 12.8 Å². The van der Waals surface area contributed by atoms with Crippen molar-refractivity contribution in [3.05, 3.63) is 54.6 Å². The molecule has 6 rings (SSSR count). The van der Waals surface area contributed by atoms with Crippen LogP contribution in [0.15, 0.2) is 49.1 Å². The monoisotopic (exact) mass is 488 g/mol. The summed E-state index contributed by atoms with van der Waals surface area (Å²) in [6.45, 7) is 2.07. The lowest BCUT2D eigenvalue weighted by Gasteiger charge is -2.22. The highest BCUT2D eigenvalue weighted by atomic mass is 35.5. The van der Waals surface area contributed by atoms with Crippen LogP contribution in [0.1, 0.15) is 50.1 Å². The molecule has 2 aliphatic rings. The van der Waals surface area contributed by atoms with Crippen LogP contribution >= 0.6 is 12.4 Å². The molecule has 1 saturated carbocycles. The van der Waals surface area contributed by atoms with Crippen LogP contribution in [-0.2, 0) is 0 Å². The number of hydrogen-bond acceptors (Lipinski definition) is 6. The first-order valence-electron chi connectivity index (χ1n) is 12.2. The predicted octanol–water partition coefficient (Wildman–Crippen LogP) is 4.86. The Morgan fingerprint density at radius 3 is 2.69 bits per heavy atom. The summed E-state index contributed by atoms with van der Waals surface area (Å²) in [6, 6.07) is 10.8. The van der Waals surface area contributed by atoms with Gasteiger partial charge in [0.25, 0.3) is 0 Å². The van der Waals surface area contributed by atoms with E-state index in [4.69, 9.17) is 15.1 Å². The van der Waals surface area contributed by atoms with E-state index in [0.29, 0.717) is 23.6 Å². The molecule has 4 aromatic rings. The highest BCUT2D eigenvalue weighted by molar-refractivity contribution is 5.85. The second-order valence-corrected chi connectivity index (χ2v) is 9.32. The number of benzene rings is 1. The summed E-state index contributed by atoms with van der Waals surface area (Å²) in [4.78, 5) is 9.75. The van der Waals surface area contributed by atoms with Crippen molar-refractivity contribution in [1.29, 1.82) is 5.26 Å². The number of nitriles is 1. The van der Waals surface area contributed by atoms with Crippen LogP contribution in [0.3, 0.4) is 0 Å². The number of fused-ring (bicyclic) bond motifs is 1. The number of hydrogen-bond donors (Lipinski definition) is 2. The summed E-state index contributed by atoms with van der Waals surface area (Å²) in [6.07, 6.45) is 15.0. The van der Waals surface area contributed by atoms with Crippen molar-refractivity contribution in [2.75, 3.05) is 18.4 Å². The summed E-state index contributed by atoms with van der Waals surface area (Å²) in [7, 11) is 0. The Labute approximate surface area is 210 Å². The number of aromatic nitrogens is 5. The molecule has 0 radical (unpaired) electrons. The molecule has 1 aromatic carbocycles. The average Bonchev–Trinajstić information content (AvgIpc) is 3.65. The van der Waals surface area contributed by atoms with Crippen LogP contribution in [0.5, 0.6) is 0 Å². The Morgan fingerprint density at radius 1 is 1.06 bits per heavy atom. The molecule has 2 N–H and O–H groups in total. The zero-order valence-electron chi connectivity index (χ0n) is 19.5. The molecule has 35 heavy (non-hydrogen) atoms. The summed E-state index contributed by atoms with van der Waals surface area (Å²) >= 11 is 0. The number of halogens is 1. The van der Waals surface area contributed by atoms with Gasteiger partial charge in [-0.15, -0.1) is 12.4 Å². The first kappa shape index (κ1) is 23.3. The summed E-state index contributed by atoms with van der Waals surface area (Å²) in [5.41, 5.74) is 3.66. The van der Waals surface area contributed by atoms with E-state index in [1.165, 1.54) is 12.8 Å². The first-order valence-corrected chi connectivity index (χ1v) is 12.2. The molecule has 1 saturated heterocycles. The molecular weight excluding hydrogens is 460 g/mol. The lowest BCUT2D eigenvalue weighted by atomic mass is 10.1. The van der Waals surface area contributed by atoms with E-state index >= 15 is 0 Å². The normalized spacial score (nSPS) is 16.8. The smallest absolute Gasteiger partial charge is 0.236 e. The van der Waals surface area contributed by atoms with E-state index in [2.05, 4.69) is 27.6 Å². The average molecular weight is 489 g/mol. The van der Waals surface area contributed by atoms with Gasteiger partial charge in [0.15, 0.2) is 0 Å². The van der Waals surface area contributed by atoms with Gasteiger partial charge in [0.05, 0.1) is 29.4 Å². The highest BCUT2D eigenvalue weighted by Gasteiger charge is 2.21. The molecular formula is C26H29ClN8.